The molecule has 1 aliphatic rings. The van der Waals surface area contributed by atoms with E-state index in [-0.39, 0.29) is 5.54 Å². The molecule has 90 valence electrons. The number of hydrogen-bond acceptors (Lipinski definition) is 2. The third-order valence-corrected chi connectivity index (χ3v) is 4.45. The first-order valence-corrected chi connectivity index (χ1v) is 6.48. The smallest absolute Gasteiger partial charge is 0.0334 e. The third-order valence-electron chi connectivity index (χ3n) is 4.45. The Morgan fingerprint density at radius 3 is 2.67 bits per heavy atom. The normalized spacial score (nSPS) is 34.4. The van der Waals surface area contributed by atoms with E-state index in [0.29, 0.717) is 6.04 Å². The maximum absolute atomic E-state index is 6.05. The minimum Gasteiger partial charge on any atom is -0.329 e. The lowest BCUT2D eigenvalue weighted by Crippen LogP contribution is -2.57. The van der Waals surface area contributed by atoms with Crippen LogP contribution in [0.4, 0.5) is 0 Å². The number of nitrogens with two attached hydrogens (primary N) is 1. The van der Waals surface area contributed by atoms with Gasteiger partial charge in [0.15, 0.2) is 0 Å². The van der Waals surface area contributed by atoms with Crippen LogP contribution in [0.15, 0.2) is 0 Å². The van der Waals surface area contributed by atoms with E-state index < -0.39 is 0 Å². The van der Waals surface area contributed by atoms with Gasteiger partial charge in [0.2, 0.25) is 0 Å². The lowest BCUT2D eigenvalue weighted by Gasteiger charge is -2.48. The second kappa shape index (κ2) is 5.31. The largest absolute Gasteiger partial charge is 0.329 e. The zero-order chi connectivity index (χ0) is 11.5. The van der Waals surface area contributed by atoms with Crippen molar-refractivity contribution in [3.63, 3.8) is 0 Å². The number of nitrogens with zero attached hydrogens (tertiary/aromatic N) is 1. The lowest BCUT2D eigenvalue weighted by atomic mass is 9.75. The molecule has 0 aromatic heterocycles. The van der Waals surface area contributed by atoms with Gasteiger partial charge in [-0.2, -0.15) is 0 Å². The quantitative estimate of drug-likeness (QED) is 0.776. The van der Waals surface area contributed by atoms with Crippen molar-refractivity contribution in [3.8, 4) is 0 Å². The van der Waals surface area contributed by atoms with Gasteiger partial charge in [0.25, 0.3) is 0 Å². The second-order valence-electron chi connectivity index (χ2n) is 5.50. The predicted molar refractivity (Wildman–Crippen MR) is 66.9 cm³/mol. The minimum atomic E-state index is 0.285. The summed E-state index contributed by atoms with van der Waals surface area (Å²) in [5.74, 6) is 0.841. The molecule has 2 heteroatoms. The summed E-state index contributed by atoms with van der Waals surface area (Å²) >= 11 is 0. The summed E-state index contributed by atoms with van der Waals surface area (Å²) in [4.78, 5) is 2.54. The summed E-state index contributed by atoms with van der Waals surface area (Å²) in [6.45, 7) is 7.76. The summed E-state index contributed by atoms with van der Waals surface area (Å²) in [5.41, 5.74) is 6.34. The van der Waals surface area contributed by atoms with Gasteiger partial charge in [0.05, 0.1) is 0 Å². The van der Waals surface area contributed by atoms with Crippen molar-refractivity contribution in [2.24, 2.45) is 11.7 Å². The summed E-state index contributed by atoms with van der Waals surface area (Å²) < 4.78 is 0. The first-order valence-electron chi connectivity index (χ1n) is 6.48. The average molecular weight is 212 g/mol. The summed E-state index contributed by atoms with van der Waals surface area (Å²) in [7, 11) is 2.26. The van der Waals surface area contributed by atoms with E-state index in [9.17, 15) is 0 Å². The van der Waals surface area contributed by atoms with Crippen LogP contribution in [0.5, 0.6) is 0 Å². The van der Waals surface area contributed by atoms with Crippen LogP contribution in [0.25, 0.3) is 0 Å². The maximum atomic E-state index is 6.05. The van der Waals surface area contributed by atoms with Gasteiger partial charge in [-0.3, -0.25) is 4.90 Å². The van der Waals surface area contributed by atoms with Crippen molar-refractivity contribution >= 4 is 0 Å². The van der Waals surface area contributed by atoms with Gasteiger partial charge in [-0.15, -0.1) is 0 Å². The van der Waals surface area contributed by atoms with Crippen molar-refractivity contribution < 1.29 is 0 Å². The Labute approximate surface area is 95.2 Å². The molecule has 2 N–H and O–H groups in total. The Balaban J connectivity index is 2.74. The molecule has 1 saturated carbocycles. The first kappa shape index (κ1) is 13.0. The fourth-order valence-electron chi connectivity index (χ4n) is 3.02. The van der Waals surface area contributed by atoms with E-state index in [1.165, 1.54) is 32.1 Å². The van der Waals surface area contributed by atoms with E-state index in [0.717, 1.165) is 12.5 Å². The van der Waals surface area contributed by atoms with Crippen LogP contribution < -0.4 is 5.73 Å². The predicted octanol–water partition coefficient (Wildman–Crippen LogP) is 2.62. The molecule has 0 amide bonds. The maximum Gasteiger partial charge on any atom is 0.0334 e. The van der Waals surface area contributed by atoms with Gasteiger partial charge in [0.1, 0.15) is 0 Å². The van der Waals surface area contributed by atoms with Crippen molar-refractivity contribution in [3.05, 3.63) is 0 Å². The van der Waals surface area contributed by atoms with Crippen LogP contribution in [-0.2, 0) is 0 Å². The van der Waals surface area contributed by atoms with E-state index in [1.54, 1.807) is 0 Å². The zero-order valence-electron chi connectivity index (χ0n) is 10.9. The fourth-order valence-corrected chi connectivity index (χ4v) is 3.02. The monoisotopic (exact) mass is 212 g/mol. The molecule has 3 unspecified atom stereocenters. The number of rotatable bonds is 4. The Bertz CT molecular complexity index is 193. The van der Waals surface area contributed by atoms with Gasteiger partial charge in [-0.25, -0.2) is 0 Å². The molecular weight excluding hydrogens is 184 g/mol. The molecule has 0 aromatic rings. The van der Waals surface area contributed by atoms with Gasteiger partial charge in [0, 0.05) is 18.1 Å². The molecule has 0 aliphatic heterocycles. The van der Waals surface area contributed by atoms with Crippen LogP contribution in [0.3, 0.4) is 0 Å². The molecule has 0 spiro atoms. The van der Waals surface area contributed by atoms with Gasteiger partial charge in [-0.05, 0) is 39.2 Å². The topological polar surface area (TPSA) is 29.3 Å². The highest BCUT2D eigenvalue weighted by molar-refractivity contribution is 4.96. The molecule has 1 rings (SSSR count). The minimum absolute atomic E-state index is 0.285. The Morgan fingerprint density at radius 1 is 1.53 bits per heavy atom. The van der Waals surface area contributed by atoms with Crippen LogP contribution in [0.2, 0.25) is 0 Å². The Kier molecular flexibility index (Phi) is 4.60. The van der Waals surface area contributed by atoms with Gasteiger partial charge in [-0.1, -0.05) is 26.7 Å². The van der Waals surface area contributed by atoms with E-state index >= 15 is 0 Å². The molecule has 0 aromatic carbocycles. The first-order chi connectivity index (χ1) is 7.05. The zero-order valence-corrected chi connectivity index (χ0v) is 10.9. The Morgan fingerprint density at radius 2 is 2.20 bits per heavy atom. The third kappa shape index (κ3) is 2.73. The van der Waals surface area contributed by atoms with Crippen molar-refractivity contribution in [1.29, 1.82) is 0 Å². The molecule has 1 aliphatic carbocycles. The number of likely N-dealkylation sites (N-methyl/N-ethyl adjacent to an activating group) is 1. The van der Waals surface area contributed by atoms with Crippen molar-refractivity contribution in [2.45, 2.75) is 64.5 Å². The number of hydrogen-bond donors (Lipinski definition) is 1. The fraction of sp³-hybridized carbons (Fsp3) is 1.00. The Hall–Kier alpha value is -0.0800. The lowest BCUT2D eigenvalue weighted by molar-refractivity contribution is 0.0314. The molecule has 0 radical (unpaired) electrons. The molecule has 15 heavy (non-hydrogen) atoms. The molecular formula is C13H28N2. The molecule has 1 fully saturated rings. The molecule has 0 heterocycles. The van der Waals surface area contributed by atoms with Crippen LogP contribution in [-0.4, -0.2) is 30.1 Å². The highest BCUT2D eigenvalue weighted by Crippen LogP contribution is 2.36. The van der Waals surface area contributed by atoms with Crippen LogP contribution in [0, 0.1) is 5.92 Å². The average Bonchev–Trinajstić information content (AvgIpc) is 2.26. The van der Waals surface area contributed by atoms with E-state index in [4.69, 9.17) is 5.73 Å². The molecule has 3 atom stereocenters. The van der Waals surface area contributed by atoms with Crippen molar-refractivity contribution in [1.82, 2.24) is 4.90 Å². The highest BCUT2D eigenvalue weighted by atomic mass is 15.2. The second-order valence-corrected chi connectivity index (χ2v) is 5.50. The SMILES string of the molecule is CCC(C)N(C)C1(CN)CCCC(C)C1. The van der Waals surface area contributed by atoms with Crippen molar-refractivity contribution in [2.75, 3.05) is 13.6 Å². The van der Waals surface area contributed by atoms with E-state index in [2.05, 4.69) is 32.7 Å². The molecule has 0 bridgehead atoms. The van der Waals surface area contributed by atoms with Crippen LogP contribution >= 0.6 is 0 Å². The van der Waals surface area contributed by atoms with Gasteiger partial charge < -0.3 is 5.73 Å². The van der Waals surface area contributed by atoms with E-state index in [1.807, 2.05) is 0 Å². The molecule has 0 saturated heterocycles. The summed E-state index contributed by atoms with van der Waals surface area (Å²) in [5, 5.41) is 0. The van der Waals surface area contributed by atoms with Crippen LogP contribution in [0.1, 0.15) is 52.9 Å². The van der Waals surface area contributed by atoms with Gasteiger partial charge >= 0.3 is 0 Å². The molecule has 2 nitrogen and oxygen atoms in total. The summed E-state index contributed by atoms with van der Waals surface area (Å²) in [6, 6.07) is 0.652. The summed E-state index contributed by atoms with van der Waals surface area (Å²) in [6.07, 6.45) is 6.51. The standard InChI is InChI=1S/C13H28N2/c1-5-12(3)15(4)13(10-14)8-6-7-11(2)9-13/h11-12H,5-10,14H2,1-4H3. The highest BCUT2D eigenvalue weighted by Gasteiger charge is 2.38.